The Bertz CT molecular complexity index is 935. The van der Waals surface area contributed by atoms with Crippen molar-refractivity contribution >= 4 is 22.7 Å². The number of rotatable bonds is 5. The van der Waals surface area contributed by atoms with Crippen molar-refractivity contribution in [1.82, 2.24) is 4.57 Å². The predicted octanol–water partition coefficient (Wildman–Crippen LogP) is 3.91. The molecule has 8 heteroatoms. The minimum absolute atomic E-state index is 0.0765. The highest BCUT2D eigenvalue weighted by atomic mass is 35.5. The third-order valence-electron chi connectivity index (χ3n) is 3.42. The standard InChI is InChI=1S/C16H12ClF2NO4/c1-22-14-6-9(2-5-12(14)23-15(18)19)8-20-11-4-3-10(17)7-13(11)24-16(20)21/h2-7,15H,8H2,1H3. The molecule has 5 nitrogen and oxygen atoms in total. The van der Waals surface area contributed by atoms with E-state index in [2.05, 4.69) is 4.74 Å². The number of alkyl halides is 2. The van der Waals surface area contributed by atoms with Crippen molar-refractivity contribution in [3.8, 4) is 11.5 Å². The maximum atomic E-state index is 12.4. The van der Waals surface area contributed by atoms with Gasteiger partial charge < -0.3 is 13.9 Å². The predicted molar refractivity (Wildman–Crippen MR) is 84.2 cm³/mol. The molecule has 0 aliphatic rings. The van der Waals surface area contributed by atoms with Crippen LogP contribution in [0.2, 0.25) is 5.02 Å². The third-order valence-corrected chi connectivity index (χ3v) is 3.65. The van der Waals surface area contributed by atoms with E-state index in [0.717, 1.165) is 0 Å². The van der Waals surface area contributed by atoms with Gasteiger partial charge >= 0.3 is 12.4 Å². The molecule has 0 spiro atoms. The number of ether oxygens (including phenoxy) is 2. The Labute approximate surface area is 140 Å². The summed E-state index contributed by atoms with van der Waals surface area (Å²) >= 11 is 5.88. The third kappa shape index (κ3) is 3.21. The van der Waals surface area contributed by atoms with Crippen LogP contribution in [-0.2, 0) is 6.54 Å². The maximum Gasteiger partial charge on any atom is 0.420 e. The highest BCUT2D eigenvalue weighted by Crippen LogP contribution is 2.30. The van der Waals surface area contributed by atoms with Gasteiger partial charge in [-0.2, -0.15) is 8.78 Å². The number of methoxy groups -OCH3 is 1. The normalized spacial score (nSPS) is 11.2. The first-order valence-electron chi connectivity index (χ1n) is 6.88. The summed E-state index contributed by atoms with van der Waals surface area (Å²) in [6.07, 6.45) is 0. The summed E-state index contributed by atoms with van der Waals surface area (Å²) in [5.74, 6) is -0.469. The highest BCUT2D eigenvalue weighted by molar-refractivity contribution is 6.31. The minimum atomic E-state index is -2.95. The number of hydrogen-bond acceptors (Lipinski definition) is 4. The molecule has 126 valence electrons. The molecule has 0 fully saturated rings. The van der Waals surface area contributed by atoms with Gasteiger partial charge in [-0.3, -0.25) is 4.57 Å². The van der Waals surface area contributed by atoms with Crippen molar-refractivity contribution in [3.63, 3.8) is 0 Å². The van der Waals surface area contributed by atoms with Crippen molar-refractivity contribution in [3.05, 3.63) is 57.5 Å². The fraction of sp³-hybridized carbons (Fsp3) is 0.188. The van der Waals surface area contributed by atoms with Crippen molar-refractivity contribution in [2.75, 3.05) is 7.11 Å². The largest absolute Gasteiger partial charge is 0.493 e. The first-order valence-corrected chi connectivity index (χ1v) is 7.26. The molecule has 1 heterocycles. The van der Waals surface area contributed by atoms with Crippen molar-refractivity contribution in [2.24, 2.45) is 0 Å². The fourth-order valence-corrected chi connectivity index (χ4v) is 2.54. The molecule has 24 heavy (non-hydrogen) atoms. The molecule has 0 aliphatic heterocycles. The van der Waals surface area contributed by atoms with E-state index in [9.17, 15) is 13.6 Å². The van der Waals surface area contributed by atoms with Gasteiger partial charge in [0.05, 0.1) is 19.2 Å². The zero-order valence-corrected chi connectivity index (χ0v) is 13.2. The molecule has 3 rings (SSSR count). The van der Waals surface area contributed by atoms with Crippen LogP contribution in [0.25, 0.3) is 11.1 Å². The van der Waals surface area contributed by atoms with E-state index in [1.807, 2.05) is 0 Å². The first kappa shape index (κ1) is 16.3. The summed E-state index contributed by atoms with van der Waals surface area (Å²) in [7, 11) is 1.35. The first-order chi connectivity index (χ1) is 11.5. The molecule has 1 aromatic heterocycles. The Kier molecular flexibility index (Phi) is 4.44. The summed E-state index contributed by atoms with van der Waals surface area (Å²) in [4.78, 5) is 12.0. The van der Waals surface area contributed by atoms with Crippen molar-refractivity contribution in [2.45, 2.75) is 13.2 Å². The number of hydrogen-bond donors (Lipinski definition) is 0. The molecule has 0 unspecified atom stereocenters. The van der Waals surface area contributed by atoms with Gasteiger partial charge in [0, 0.05) is 11.1 Å². The lowest BCUT2D eigenvalue weighted by Crippen LogP contribution is -2.15. The van der Waals surface area contributed by atoms with Crippen molar-refractivity contribution < 1.29 is 22.7 Å². The molecular formula is C16H12ClF2NO4. The van der Waals surface area contributed by atoms with E-state index in [0.29, 0.717) is 21.7 Å². The quantitative estimate of drug-likeness (QED) is 0.696. The topological polar surface area (TPSA) is 53.6 Å². The van der Waals surface area contributed by atoms with Crippen LogP contribution in [0, 0.1) is 0 Å². The van der Waals surface area contributed by atoms with Gasteiger partial charge in [0.2, 0.25) is 0 Å². The highest BCUT2D eigenvalue weighted by Gasteiger charge is 2.14. The number of fused-ring (bicyclic) bond motifs is 1. The zero-order chi connectivity index (χ0) is 17.3. The molecule has 0 atom stereocenters. The van der Waals surface area contributed by atoms with Crippen LogP contribution in [0.4, 0.5) is 8.78 Å². The second-order valence-corrected chi connectivity index (χ2v) is 5.37. The molecule has 0 saturated carbocycles. The second-order valence-electron chi connectivity index (χ2n) is 4.93. The number of oxazole rings is 1. The maximum absolute atomic E-state index is 12.4. The molecule has 0 aliphatic carbocycles. The summed E-state index contributed by atoms with van der Waals surface area (Å²) < 4.78 is 40.7. The lowest BCUT2D eigenvalue weighted by atomic mass is 10.2. The Morgan fingerprint density at radius 2 is 2.00 bits per heavy atom. The summed E-state index contributed by atoms with van der Waals surface area (Å²) in [5, 5.41) is 0.457. The Morgan fingerprint density at radius 1 is 1.21 bits per heavy atom. The van der Waals surface area contributed by atoms with Crippen LogP contribution in [-0.4, -0.2) is 18.3 Å². The van der Waals surface area contributed by atoms with Gasteiger partial charge in [-0.05, 0) is 29.8 Å². The van der Waals surface area contributed by atoms with Crippen molar-refractivity contribution in [1.29, 1.82) is 0 Å². The van der Waals surface area contributed by atoms with Crippen LogP contribution in [0.1, 0.15) is 5.56 Å². The molecule has 3 aromatic rings. The lowest BCUT2D eigenvalue weighted by Gasteiger charge is -2.11. The summed E-state index contributed by atoms with van der Waals surface area (Å²) in [6.45, 7) is -2.77. The Balaban J connectivity index is 1.97. The van der Waals surface area contributed by atoms with Gasteiger partial charge in [0.15, 0.2) is 17.1 Å². The monoisotopic (exact) mass is 355 g/mol. The molecule has 0 bridgehead atoms. The van der Waals surface area contributed by atoms with E-state index >= 15 is 0 Å². The van der Waals surface area contributed by atoms with Crippen LogP contribution in [0.15, 0.2) is 45.6 Å². The average Bonchev–Trinajstić information content (AvgIpc) is 2.83. The van der Waals surface area contributed by atoms with Crippen LogP contribution in [0.3, 0.4) is 0 Å². The van der Waals surface area contributed by atoms with E-state index < -0.39 is 12.4 Å². The van der Waals surface area contributed by atoms with E-state index in [-0.39, 0.29) is 18.0 Å². The van der Waals surface area contributed by atoms with Crippen LogP contribution in [0.5, 0.6) is 11.5 Å². The second kappa shape index (κ2) is 6.52. The average molecular weight is 356 g/mol. The van der Waals surface area contributed by atoms with E-state index in [1.165, 1.54) is 23.8 Å². The molecule has 2 aromatic carbocycles. The SMILES string of the molecule is COc1cc(Cn2c(=O)oc3cc(Cl)ccc32)ccc1OC(F)F. The molecular weight excluding hydrogens is 344 g/mol. The van der Waals surface area contributed by atoms with Gasteiger partial charge in [0.1, 0.15) is 0 Å². The summed E-state index contributed by atoms with van der Waals surface area (Å²) in [6, 6.07) is 9.34. The molecule has 0 saturated heterocycles. The van der Waals surface area contributed by atoms with Crippen LogP contribution >= 0.6 is 11.6 Å². The smallest absolute Gasteiger partial charge is 0.420 e. The van der Waals surface area contributed by atoms with Gasteiger partial charge in [-0.1, -0.05) is 17.7 Å². The molecule has 0 radical (unpaired) electrons. The molecule has 0 N–H and O–H groups in total. The van der Waals surface area contributed by atoms with Crippen LogP contribution < -0.4 is 15.2 Å². The number of benzene rings is 2. The Hall–Kier alpha value is -2.54. The van der Waals surface area contributed by atoms with Gasteiger partial charge in [-0.15, -0.1) is 0 Å². The number of aromatic nitrogens is 1. The number of halogens is 3. The number of nitrogens with zero attached hydrogens (tertiary/aromatic N) is 1. The lowest BCUT2D eigenvalue weighted by molar-refractivity contribution is -0.0512. The Morgan fingerprint density at radius 3 is 2.71 bits per heavy atom. The van der Waals surface area contributed by atoms with E-state index in [1.54, 1.807) is 24.3 Å². The minimum Gasteiger partial charge on any atom is -0.493 e. The van der Waals surface area contributed by atoms with Gasteiger partial charge in [0.25, 0.3) is 0 Å². The fourth-order valence-electron chi connectivity index (χ4n) is 2.38. The van der Waals surface area contributed by atoms with E-state index in [4.69, 9.17) is 20.8 Å². The zero-order valence-electron chi connectivity index (χ0n) is 12.5. The molecule has 0 amide bonds. The summed E-state index contributed by atoms with van der Waals surface area (Å²) in [5.41, 5.74) is 1.61. The van der Waals surface area contributed by atoms with Gasteiger partial charge in [-0.25, -0.2) is 4.79 Å².